The first-order chi connectivity index (χ1) is 8.29. The Kier molecular flexibility index (Phi) is 3.90. The number of hydrogen-bond acceptors (Lipinski definition) is 4. The van der Waals surface area contributed by atoms with Gasteiger partial charge in [0.2, 0.25) is 0 Å². The fourth-order valence-electron chi connectivity index (χ4n) is 1.81. The molecule has 90 valence electrons. The van der Waals surface area contributed by atoms with Crippen LogP contribution in [0.5, 0.6) is 0 Å². The molecule has 2 rings (SSSR count). The summed E-state index contributed by atoms with van der Waals surface area (Å²) in [4.78, 5) is 6.45. The molecule has 2 aromatic heterocycles. The molecule has 17 heavy (non-hydrogen) atoms. The van der Waals surface area contributed by atoms with Gasteiger partial charge in [0, 0.05) is 19.3 Å². The Morgan fingerprint density at radius 1 is 1.29 bits per heavy atom. The van der Waals surface area contributed by atoms with Gasteiger partial charge in [-0.1, -0.05) is 6.07 Å². The molecule has 0 saturated carbocycles. The first-order valence-electron chi connectivity index (χ1n) is 5.63. The van der Waals surface area contributed by atoms with E-state index in [1.54, 1.807) is 12.5 Å². The summed E-state index contributed by atoms with van der Waals surface area (Å²) >= 11 is 0. The maximum absolute atomic E-state index is 5.66. The summed E-state index contributed by atoms with van der Waals surface area (Å²) in [7, 11) is 2.05. The third kappa shape index (κ3) is 3.15. The lowest BCUT2D eigenvalue weighted by Crippen LogP contribution is -2.19. The van der Waals surface area contributed by atoms with Crippen molar-refractivity contribution in [3.05, 3.63) is 53.7 Å². The van der Waals surface area contributed by atoms with Crippen molar-refractivity contribution in [1.82, 2.24) is 9.88 Å². The number of hydrogen-bond donors (Lipinski definition) is 1. The summed E-state index contributed by atoms with van der Waals surface area (Å²) in [5, 5.41) is 0. The highest BCUT2D eigenvalue weighted by atomic mass is 16.3. The minimum absolute atomic E-state index is 0.477. The summed E-state index contributed by atoms with van der Waals surface area (Å²) in [6, 6.07) is 7.88. The van der Waals surface area contributed by atoms with Crippen molar-refractivity contribution in [3.8, 4) is 0 Å². The monoisotopic (exact) mass is 231 g/mol. The van der Waals surface area contributed by atoms with Crippen molar-refractivity contribution >= 4 is 0 Å². The zero-order valence-electron chi connectivity index (χ0n) is 9.97. The summed E-state index contributed by atoms with van der Waals surface area (Å²) < 4.78 is 5.32. The van der Waals surface area contributed by atoms with Gasteiger partial charge in [-0.05, 0) is 30.8 Å². The predicted molar refractivity (Wildman–Crippen MR) is 66.0 cm³/mol. The van der Waals surface area contributed by atoms with Gasteiger partial charge in [0.1, 0.15) is 5.76 Å². The molecule has 0 atom stereocenters. The Hall–Kier alpha value is -1.65. The van der Waals surface area contributed by atoms with Crippen molar-refractivity contribution in [1.29, 1.82) is 0 Å². The quantitative estimate of drug-likeness (QED) is 0.852. The van der Waals surface area contributed by atoms with Gasteiger partial charge >= 0.3 is 0 Å². The molecule has 0 unspecified atom stereocenters. The van der Waals surface area contributed by atoms with Gasteiger partial charge in [-0.15, -0.1) is 0 Å². The molecule has 0 aliphatic carbocycles. The lowest BCUT2D eigenvalue weighted by Gasteiger charge is -2.16. The van der Waals surface area contributed by atoms with Crippen LogP contribution in [-0.2, 0) is 19.6 Å². The lowest BCUT2D eigenvalue weighted by molar-refractivity contribution is 0.286. The van der Waals surface area contributed by atoms with E-state index in [9.17, 15) is 0 Å². The standard InChI is InChI=1S/C13H17N3O/c1-16(10-12-5-3-7-17-12)9-11-4-2-6-15-13(11)8-14/h2-7H,8-10,14H2,1H3. The molecule has 0 aliphatic rings. The van der Waals surface area contributed by atoms with Crippen LogP contribution in [0.25, 0.3) is 0 Å². The van der Waals surface area contributed by atoms with Crippen LogP contribution in [0.15, 0.2) is 41.1 Å². The molecule has 2 heterocycles. The molecule has 2 aromatic rings. The predicted octanol–water partition coefficient (Wildman–Crippen LogP) is 1.77. The zero-order valence-corrected chi connectivity index (χ0v) is 9.97. The van der Waals surface area contributed by atoms with Gasteiger partial charge in [0.25, 0.3) is 0 Å². The van der Waals surface area contributed by atoms with E-state index in [1.165, 1.54) is 5.56 Å². The molecule has 0 aliphatic heterocycles. The van der Waals surface area contributed by atoms with Gasteiger partial charge in [-0.25, -0.2) is 0 Å². The topological polar surface area (TPSA) is 55.3 Å². The summed E-state index contributed by atoms with van der Waals surface area (Å²) in [6.07, 6.45) is 3.47. The third-order valence-corrected chi connectivity index (χ3v) is 2.62. The number of furan rings is 1. The molecular weight excluding hydrogens is 214 g/mol. The number of nitrogens with zero attached hydrogens (tertiary/aromatic N) is 2. The van der Waals surface area contributed by atoms with Crippen molar-refractivity contribution in [2.75, 3.05) is 7.05 Å². The summed E-state index contributed by atoms with van der Waals surface area (Å²) in [6.45, 7) is 2.08. The Bertz CT molecular complexity index is 453. The van der Waals surface area contributed by atoms with Crippen LogP contribution in [0.3, 0.4) is 0 Å². The minimum atomic E-state index is 0.477. The lowest BCUT2D eigenvalue weighted by atomic mass is 10.2. The Morgan fingerprint density at radius 3 is 2.88 bits per heavy atom. The SMILES string of the molecule is CN(Cc1ccco1)Cc1cccnc1CN. The van der Waals surface area contributed by atoms with Gasteiger partial charge in [0.15, 0.2) is 0 Å². The van der Waals surface area contributed by atoms with Crippen LogP contribution in [0.1, 0.15) is 17.0 Å². The molecule has 0 fully saturated rings. The van der Waals surface area contributed by atoms with E-state index < -0.39 is 0 Å². The molecule has 0 saturated heterocycles. The van der Waals surface area contributed by atoms with Crippen molar-refractivity contribution in [2.45, 2.75) is 19.6 Å². The molecule has 0 spiro atoms. The second kappa shape index (κ2) is 5.61. The second-order valence-electron chi connectivity index (χ2n) is 4.06. The number of rotatable bonds is 5. The van der Waals surface area contributed by atoms with E-state index in [1.807, 2.05) is 18.2 Å². The first-order valence-corrected chi connectivity index (χ1v) is 5.63. The average Bonchev–Trinajstić information content (AvgIpc) is 2.82. The molecule has 4 nitrogen and oxygen atoms in total. The Morgan fingerprint density at radius 2 is 2.18 bits per heavy atom. The largest absolute Gasteiger partial charge is 0.468 e. The molecule has 2 N–H and O–H groups in total. The third-order valence-electron chi connectivity index (χ3n) is 2.62. The fraction of sp³-hybridized carbons (Fsp3) is 0.308. The van der Waals surface area contributed by atoms with Crippen molar-refractivity contribution in [2.24, 2.45) is 5.73 Å². The summed E-state index contributed by atoms with van der Waals surface area (Å²) in [5.41, 5.74) is 7.79. The number of nitrogens with two attached hydrogens (primary N) is 1. The maximum atomic E-state index is 5.66. The molecule has 0 aromatic carbocycles. The average molecular weight is 231 g/mol. The normalized spacial score (nSPS) is 11.0. The van der Waals surface area contributed by atoms with E-state index in [0.717, 1.165) is 24.5 Å². The highest BCUT2D eigenvalue weighted by Crippen LogP contribution is 2.10. The smallest absolute Gasteiger partial charge is 0.117 e. The molecule has 0 bridgehead atoms. The van der Waals surface area contributed by atoms with Gasteiger partial charge in [-0.3, -0.25) is 9.88 Å². The molecule has 4 heteroatoms. The highest BCUT2D eigenvalue weighted by Gasteiger charge is 2.07. The van der Waals surface area contributed by atoms with E-state index in [2.05, 4.69) is 23.0 Å². The summed E-state index contributed by atoms with van der Waals surface area (Å²) in [5.74, 6) is 0.964. The number of aromatic nitrogens is 1. The molecular formula is C13H17N3O. The van der Waals surface area contributed by atoms with Crippen LogP contribution < -0.4 is 5.73 Å². The van der Waals surface area contributed by atoms with Gasteiger partial charge < -0.3 is 10.2 Å². The Balaban J connectivity index is 2.00. The van der Waals surface area contributed by atoms with Crippen molar-refractivity contribution < 1.29 is 4.42 Å². The van der Waals surface area contributed by atoms with E-state index in [-0.39, 0.29) is 0 Å². The van der Waals surface area contributed by atoms with Gasteiger partial charge in [-0.2, -0.15) is 0 Å². The van der Waals surface area contributed by atoms with Gasteiger partial charge in [0.05, 0.1) is 18.5 Å². The van der Waals surface area contributed by atoms with Crippen molar-refractivity contribution in [3.63, 3.8) is 0 Å². The molecule has 0 amide bonds. The highest BCUT2D eigenvalue weighted by molar-refractivity contribution is 5.19. The van der Waals surface area contributed by atoms with E-state index >= 15 is 0 Å². The first kappa shape index (κ1) is 11.8. The van der Waals surface area contributed by atoms with E-state index in [0.29, 0.717) is 6.54 Å². The fourth-order valence-corrected chi connectivity index (χ4v) is 1.81. The van der Waals surface area contributed by atoms with Crippen LogP contribution in [0.2, 0.25) is 0 Å². The second-order valence-corrected chi connectivity index (χ2v) is 4.06. The van der Waals surface area contributed by atoms with Crippen LogP contribution in [0.4, 0.5) is 0 Å². The van der Waals surface area contributed by atoms with Crippen LogP contribution in [-0.4, -0.2) is 16.9 Å². The molecule has 0 radical (unpaired) electrons. The Labute approximate surface area is 101 Å². The maximum Gasteiger partial charge on any atom is 0.117 e. The number of pyridine rings is 1. The minimum Gasteiger partial charge on any atom is -0.468 e. The zero-order chi connectivity index (χ0) is 12.1. The van der Waals surface area contributed by atoms with Crippen LogP contribution in [0, 0.1) is 0 Å². The van der Waals surface area contributed by atoms with Crippen LogP contribution >= 0.6 is 0 Å². The van der Waals surface area contributed by atoms with E-state index in [4.69, 9.17) is 10.2 Å².